The monoisotopic (exact) mass is 225 g/mol. The topological polar surface area (TPSA) is 60.2 Å². The lowest BCUT2D eigenvalue weighted by Gasteiger charge is -2.04. The molecule has 0 aromatic heterocycles. The van der Waals surface area contributed by atoms with Crippen LogP contribution in [0.5, 0.6) is 0 Å². The molecule has 0 saturated carbocycles. The first-order valence-electron chi connectivity index (χ1n) is 3.42. The van der Waals surface area contributed by atoms with E-state index in [0.717, 1.165) is 6.92 Å². The summed E-state index contributed by atoms with van der Waals surface area (Å²) < 4.78 is 60.0. The van der Waals surface area contributed by atoms with Gasteiger partial charge in [0.15, 0.2) is 11.6 Å². The quantitative estimate of drug-likeness (QED) is 0.726. The summed E-state index contributed by atoms with van der Waals surface area (Å²) >= 11 is 0. The fourth-order valence-corrected chi connectivity index (χ4v) is 1.48. The maximum Gasteiger partial charge on any atom is 0.241 e. The van der Waals surface area contributed by atoms with E-state index in [1.165, 1.54) is 0 Å². The predicted octanol–water partition coefficient (Wildman–Crippen LogP) is 1.06. The molecule has 3 nitrogen and oxygen atoms in total. The number of rotatable bonds is 1. The van der Waals surface area contributed by atoms with Gasteiger partial charge >= 0.3 is 0 Å². The second-order valence-electron chi connectivity index (χ2n) is 2.65. The zero-order valence-corrected chi connectivity index (χ0v) is 7.83. The van der Waals surface area contributed by atoms with Gasteiger partial charge in [-0.2, -0.15) is 0 Å². The summed E-state index contributed by atoms with van der Waals surface area (Å²) in [5.41, 5.74) is -0.588. The van der Waals surface area contributed by atoms with Crippen LogP contribution in [0.2, 0.25) is 0 Å². The van der Waals surface area contributed by atoms with Gasteiger partial charge in [0.05, 0.1) is 0 Å². The maximum atomic E-state index is 12.9. The Kier molecular flexibility index (Phi) is 2.55. The predicted molar refractivity (Wildman–Crippen MR) is 42.4 cm³/mol. The van der Waals surface area contributed by atoms with Gasteiger partial charge in [-0.1, -0.05) is 0 Å². The van der Waals surface area contributed by atoms with Crippen LogP contribution in [-0.4, -0.2) is 8.42 Å². The van der Waals surface area contributed by atoms with Gasteiger partial charge in [-0.3, -0.25) is 0 Å². The third-order valence-electron chi connectivity index (χ3n) is 1.66. The van der Waals surface area contributed by atoms with Crippen molar-refractivity contribution in [3.63, 3.8) is 0 Å². The van der Waals surface area contributed by atoms with Gasteiger partial charge in [0, 0.05) is 5.56 Å². The van der Waals surface area contributed by atoms with Gasteiger partial charge in [-0.05, 0) is 13.0 Å². The fourth-order valence-electron chi connectivity index (χ4n) is 0.871. The Morgan fingerprint density at radius 1 is 1.21 bits per heavy atom. The van der Waals surface area contributed by atoms with Crippen LogP contribution in [0.1, 0.15) is 5.56 Å². The van der Waals surface area contributed by atoms with Crippen LogP contribution >= 0.6 is 0 Å². The minimum absolute atomic E-state index is 0.350. The van der Waals surface area contributed by atoms with E-state index in [4.69, 9.17) is 0 Å². The Morgan fingerprint density at radius 2 is 1.71 bits per heavy atom. The van der Waals surface area contributed by atoms with E-state index >= 15 is 0 Å². The first-order chi connectivity index (χ1) is 6.25. The summed E-state index contributed by atoms with van der Waals surface area (Å²) in [7, 11) is -4.45. The fraction of sp³-hybridized carbons (Fsp3) is 0.143. The third kappa shape index (κ3) is 1.73. The number of hydrogen-bond acceptors (Lipinski definition) is 2. The van der Waals surface area contributed by atoms with Crippen LogP contribution < -0.4 is 5.14 Å². The second-order valence-corrected chi connectivity index (χ2v) is 4.18. The van der Waals surface area contributed by atoms with E-state index in [0.29, 0.717) is 6.07 Å². The van der Waals surface area contributed by atoms with Crippen molar-refractivity contribution in [1.82, 2.24) is 0 Å². The second kappa shape index (κ2) is 3.25. The van der Waals surface area contributed by atoms with Crippen molar-refractivity contribution in [1.29, 1.82) is 0 Å². The molecule has 2 N–H and O–H groups in total. The molecule has 14 heavy (non-hydrogen) atoms. The molecule has 78 valence electrons. The van der Waals surface area contributed by atoms with Gasteiger partial charge in [0.1, 0.15) is 10.7 Å². The van der Waals surface area contributed by atoms with Gasteiger partial charge in [-0.15, -0.1) is 0 Å². The zero-order chi connectivity index (χ0) is 11.1. The lowest BCUT2D eigenvalue weighted by Crippen LogP contribution is -2.16. The van der Waals surface area contributed by atoms with E-state index in [-0.39, 0.29) is 0 Å². The molecule has 0 saturated heterocycles. The Labute approximate surface area is 78.4 Å². The van der Waals surface area contributed by atoms with E-state index < -0.39 is 37.9 Å². The van der Waals surface area contributed by atoms with Gasteiger partial charge in [-0.25, -0.2) is 26.7 Å². The Balaban J connectivity index is 3.66. The van der Waals surface area contributed by atoms with Crippen molar-refractivity contribution >= 4 is 10.0 Å². The van der Waals surface area contributed by atoms with Crippen LogP contribution in [0.15, 0.2) is 11.0 Å². The summed E-state index contributed by atoms with van der Waals surface area (Å²) in [6.07, 6.45) is 0. The molecule has 0 bridgehead atoms. The molecule has 0 spiro atoms. The van der Waals surface area contributed by atoms with Crippen molar-refractivity contribution in [3.05, 3.63) is 29.1 Å². The van der Waals surface area contributed by atoms with Crippen LogP contribution in [0.4, 0.5) is 13.2 Å². The lowest BCUT2D eigenvalue weighted by molar-refractivity contribution is 0.463. The molecule has 0 amide bonds. The van der Waals surface area contributed by atoms with Crippen molar-refractivity contribution in [2.75, 3.05) is 0 Å². The lowest BCUT2D eigenvalue weighted by atomic mass is 10.2. The van der Waals surface area contributed by atoms with E-state index in [1.807, 2.05) is 0 Å². The molecule has 0 atom stereocenters. The van der Waals surface area contributed by atoms with Crippen LogP contribution in [0.3, 0.4) is 0 Å². The highest BCUT2D eigenvalue weighted by atomic mass is 32.2. The van der Waals surface area contributed by atoms with Crippen molar-refractivity contribution < 1.29 is 21.6 Å². The normalized spacial score (nSPS) is 11.8. The average molecular weight is 225 g/mol. The molecule has 0 aliphatic heterocycles. The van der Waals surface area contributed by atoms with E-state index in [9.17, 15) is 21.6 Å². The minimum atomic E-state index is -4.45. The highest BCUT2D eigenvalue weighted by Gasteiger charge is 2.22. The molecule has 0 unspecified atom stereocenters. The number of halogens is 3. The molecular weight excluding hydrogens is 219 g/mol. The van der Waals surface area contributed by atoms with Crippen LogP contribution in [0, 0.1) is 24.4 Å². The van der Waals surface area contributed by atoms with Gasteiger partial charge < -0.3 is 0 Å². The number of benzene rings is 1. The Hall–Kier alpha value is -1.08. The van der Waals surface area contributed by atoms with E-state index in [2.05, 4.69) is 5.14 Å². The van der Waals surface area contributed by atoms with Crippen molar-refractivity contribution in [2.45, 2.75) is 11.8 Å². The van der Waals surface area contributed by atoms with Gasteiger partial charge in [0.25, 0.3) is 0 Å². The summed E-state index contributed by atoms with van der Waals surface area (Å²) in [6, 6.07) is 0.350. The van der Waals surface area contributed by atoms with Gasteiger partial charge in [0.2, 0.25) is 10.0 Å². The summed E-state index contributed by atoms with van der Waals surface area (Å²) in [6.45, 7) is 0.987. The van der Waals surface area contributed by atoms with Crippen molar-refractivity contribution in [2.24, 2.45) is 5.14 Å². The molecule has 0 aliphatic rings. The SMILES string of the molecule is Cc1c(F)cc(S(N)(=O)=O)c(F)c1F. The summed E-state index contributed by atoms with van der Waals surface area (Å²) in [5.74, 6) is -4.37. The number of sulfonamides is 1. The first kappa shape index (κ1) is 11.0. The highest BCUT2D eigenvalue weighted by Crippen LogP contribution is 2.21. The third-order valence-corrected chi connectivity index (χ3v) is 2.57. The Morgan fingerprint density at radius 3 is 2.14 bits per heavy atom. The van der Waals surface area contributed by atoms with Crippen molar-refractivity contribution in [3.8, 4) is 0 Å². The first-order valence-corrected chi connectivity index (χ1v) is 4.96. The standard InChI is InChI=1S/C7H6F3NO2S/c1-3-4(8)2-5(14(11,12)13)7(10)6(3)9/h2H,1H3,(H2,11,12,13). The number of hydrogen-bond donors (Lipinski definition) is 1. The van der Waals surface area contributed by atoms with E-state index in [1.54, 1.807) is 0 Å². The molecule has 1 aromatic rings. The van der Waals surface area contributed by atoms with Crippen LogP contribution in [-0.2, 0) is 10.0 Å². The highest BCUT2D eigenvalue weighted by molar-refractivity contribution is 7.89. The maximum absolute atomic E-state index is 12.9. The molecular formula is C7H6F3NO2S. The molecule has 0 heterocycles. The molecule has 0 fully saturated rings. The minimum Gasteiger partial charge on any atom is -0.225 e. The average Bonchev–Trinajstić information content (AvgIpc) is 2.06. The molecule has 0 aliphatic carbocycles. The zero-order valence-electron chi connectivity index (χ0n) is 7.01. The van der Waals surface area contributed by atoms with Crippen LogP contribution in [0.25, 0.3) is 0 Å². The molecule has 1 rings (SSSR count). The number of nitrogens with two attached hydrogens (primary N) is 1. The number of primary sulfonamides is 1. The Bertz CT molecular complexity index is 484. The smallest absolute Gasteiger partial charge is 0.225 e. The molecule has 1 aromatic carbocycles. The largest absolute Gasteiger partial charge is 0.241 e. The summed E-state index contributed by atoms with van der Waals surface area (Å²) in [4.78, 5) is -1.18. The molecule has 7 heteroatoms. The summed E-state index contributed by atoms with van der Waals surface area (Å²) in [5, 5.41) is 4.54. The molecule has 0 radical (unpaired) electrons.